The van der Waals surface area contributed by atoms with Crippen LogP contribution in [0.3, 0.4) is 0 Å². The van der Waals surface area contributed by atoms with E-state index >= 15 is 0 Å². The molecule has 8 heteroatoms. The molecule has 1 saturated heterocycles. The van der Waals surface area contributed by atoms with Crippen molar-refractivity contribution in [1.29, 1.82) is 0 Å². The number of nitrogens with zero attached hydrogens (tertiary/aromatic N) is 3. The van der Waals surface area contributed by atoms with E-state index in [-0.39, 0.29) is 17.7 Å². The molecule has 3 heterocycles. The summed E-state index contributed by atoms with van der Waals surface area (Å²) in [6.45, 7) is 5.86. The Labute approximate surface area is 149 Å². The minimum atomic E-state index is -0.253. The first-order valence-electron chi connectivity index (χ1n) is 8.49. The highest BCUT2D eigenvalue weighted by atomic mass is 32.1. The first-order valence-corrected chi connectivity index (χ1v) is 9.31. The number of quaternary nitrogens is 2. The van der Waals surface area contributed by atoms with E-state index in [1.54, 1.807) is 19.1 Å². The van der Waals surface area contributed by atoms with Gasteiger partial charge in [0.05, 0.1) is 7.05 Å². The average Bonchev–Trinajstić information content (AvgIpc) is 3.08. The summed E-state index contributed by atoms with van der Waals surface area (Å²) in [5.41, 5.74) is 0.881. The Bertz CT molecular complexity index is 900. The number of nitrogens with one attached hydrogen (secondary N) is 2. The first kappa shape index (κ1) is 16.4. The second-order valence-electron chi connectivity index (χ2n) is 6.75. The summed E-state index contributed by atoms with van der Waals surface area (Å²) in [5, 5.41) is 15.0. The van der Waals surface area contributed by atoms with Crippen molar-refractivity contribution in [3.05, 3.63) is 46.3 Å². The van der Waals surface area contributed by atoms with Crippen molar-refractivity contribution in [2.24, 2.45) is 0 Å². The summed E-state index contributed by atoms with van der Waals surface area (Å²) in [5.74, 6) is 0.496. The Morgan fingerprint density at radius 2 is 2.04 bits per heavy atom. The molecule has 1 aromatic carbocycles. The van der Waals surface area contributed by atoms with E-state index in [0.29, 0.717) is 10.8 Å². The van der Waals surface area contributed by atoms with Crippen molar-refractivity contribution in [1.82, 2.24) is 14.6 Å². The molecule has 25 heavy (non-hydrogen) atoms. The number of hydrogen-bond acceptors (Lipinski definition) is 4. The second kappa shape index (κ2) is 6.36. The number of hydrogen-bond donors (Lipinski definition) is 3. The van der Waals surface area contributed by atoms with Crippen LogP contribution in [0.4, 0.5) is 4.39 Å². The van der Waals surface area contributed by atoms with Gasteiger partial charge in [-0.15, -0.1) is 5.10 Å². The zero-order valence-electron chi connectivity index (χ0n) is 14.3. The Balaban J connectivity index is 1.81. The fraction of sp³-hybridized carbons (Fsp3) is 0.412. The summed E-state index contributed by atoms with van der Waals surface area (Å²) in [7, 11) is 2.19. The van der Waals surface area contributed by atoms with E-state index in [1.807, 2.05) is 6.07 Å². The predicted molar refractivity (Wildman–Crippen MR) is 92.8 cm³/mol. The summed E-state index contributed by atoms with van der Waals surface area (Å²) in [6.07, 6.45) is 0. The van der Waals surface area contributed by atoms with Crippen LogP contribution in [0.2, 0.25) is 0 Å². The van der Waals surface area contributed by atoms with E-state index < -0.39 is 0 Å². The lowest BCUT2D eigenvalue weighted by Gasteiger charge is -2.33. The van der Waals surface area contributed by atoms with Gasteiger partial charge >= 0.3 is 0 Å². The Morgan fingerprint density at radius 1 is 1.28 bits per heavy atom. The fourth-order valence-electron chi connectivity index (χ4n) is 3.58. The van der Waals surface area contributed by atoms with Gasteiger partial charge in [0, 0.05) is 5.56 Å². The first-order chi connectivity index (χ1) is 12.0. The van der Waals surface area contributed by atoms with Crippen molar-refractivity contribution in [3.63, 3.8) is 0 Å². The van der Waals surface area contributed by atoms with Crippen molar-refractivity contribution < 1.29 is 19.3 Å². The smallest absolute Gasteiger partial charge is 0.235 e. The zero-order chi connectivity index (χ0) is 17.6. The Morgan fingerprint density at radius 3 is 2.72 bits per heavy atom. The van der Waals surface area contributed by atoms with Gasteiger partial charge in [0.1, 0.15) is 42.7 Å². The Hall–Kier alpha value is -2.03. The van der Waals surface area contributed by atoms with Crippen molar-refractivity contribution in [2.75, 3.05) is 33.2 Å². The number of likely N-dealkylation sites (N-methyl/N-ethyl adjacent to an activating group) is 1. The molecule has 3 N–H and O–H groups in total. The fourth-order valence-corrected chi connectivity index (χ4v) is 4.77. The molecule has 3 aromatic rings. The summed E-state index contributed by atoms with van der Waals surface area (Å²) in [6, 6.07) is 6.58. The van der Waals surface area contributed by atoms with Crippen LogP contribution in [0.25, 0.3) is 4.96 Å². The van der Waals surface area contributed by atoms with E-state index in [1.165, 1.54) is 31.7 Å². The number of aromatic hydroxyl groups is 1. The lowest BCUT2D eigenvalue weighted by atomic mass is 10.0. The number of halogens is 1. The summed E-state index contributed by atoms with van der Waals surface area (Å²) < 4.78 is 15.4. The van der Waals surface area contributed by atoms with Crippen LogP contribution >= 0.6 is 11.3 Å². The third kappa shape index (κ3) is 3.01. The van der Waals surface area contributed by atoms with Crippen molar-refractivity contribution in [2.45, 2.75) is 13.0 Å². The Kier molecular flexibility index (Phi) is 4.18. The average molecular weight is 363 g/mol. The van der Waals surface area contributed by atoms with Crippen LogP contribution in [0.1, 0.15) is 22.3 Å². The molecule has 0 aliphatic carbocycles. The molecule has 2 aromatic heterocycles. The van der Waals surface area contributed by atoms with Gasteiger partial charge in [-0.3, -0.25) is 0 Å². The maximum atomic E-state index is 13.9. The number of aryl methyl sites for hydroxylation is 1. The molecule has 1 fully saturated rings. The number of aromatic nitrogens is 3. The molecule has 0 bridgehead atoms. The number of benzene rings is 1. The van der Waals surface area contributed by atoms with Gasteiger partial charge in [-0.2, -0.15) is 4.52 Å². The van der Waals surface area contributed by atoms with E-state index in [2.05, 4.69) is 17.1 Å². The highest BCUT2D eigenvalue weighted by Crippen LogP contribution is 2.35. The van der Waals surface area contributed by atoms with Gasteiger partial charge in [0.2, 0.25) is 10.8 Å². The van der Waals surface area contributed by atoms with Gasteiger partial charge in [-0.25, -0.2) is 9.37 Å². The molecular weight excluding hydrogens is 341 g/mol. The molecule has 4 rings (SSSR count). The van der Waals surface area contributed by atoms with Crippen molar-refractivity contribution >= 4 is 16.3 Å². The highest BCUT2D eigenvalue weighted by molar-refractivity contribution is 7.17. The molecule has 6 nitrogen and oxygen atoms in total. The molecule has 0 radical (unpaired) electrons. The minimum absolute atomic E-state index is 0.113. The normalized spacial score (nSPS) is 22.4. The van der Waals surface area contributed by atoms with Crippen LogP contribution in [0.15, 0.2) is 24.3 Å². The lowest BCUT2D eigenvalue weighted by Crippen LogP contribution is -3.27. The molecule has 0 unspecified atom stereocenters. The second-order valence-corrected chi connectivity index (χ2v) is 7.76. The molecule has 1 aliphatic rings. The maximum absolute atomic E-state index is 13.9. The van der Waals surface area contributed by atoms with Gasteiger partial charge in [-0.1, -0.05) is 23.5 Å². The monoisotopic (exact) mass is 363 g/mol. The van der Waals surface area contributed by atoms with Crippen LogP contribution in [-0.2, 0) is 0 Å². The maximum Gasteiger partial charge on any atom is 0.235 e. The van der Waals surface area contributed by atoms with Crippen LogP contribution in [0, 0.1) is 12.7 Å². The molecule has 0 amide bonds. The minimum Gasteiger partial charge on any atom is -0.492 e. The summed E-state index contributed by atoms with van der Waals surface area (Å²) >= 11 is 1.44. The lowest BCUT2D eigenvalue weighted by molar-refractivity contribution is -1.02. The highest BCUT2D eigenvalue weighted by Gasteiger charge is 2.35. The van der Waals surface area contributed by atoms with E-state index in [4.69, 9.17) is 0 Å². The zero-order valence-corrected chi connectivity index (χ0v) is 15.1. The van der Waals surface area contributed by atoms with Crippen LogP contribution in [-0.4, -0.2) is 52.9 Å². The summed E-state index contributed by atoms with van der Waals surface area (Å²) in [4.78, 5) is 8.69. The molecular formula is C17H22FN5OS+2. The third-order valence-corrected chi connectivity index (χ3v) is 5.99. The molecule has 0 saturated carbocycles. The third-order valence-electron chi connectivity index (χ3n) is 4.90. The molecule has 0 spiro atoms. The van der Waals surface area contributed by atoms with Gasteiger partial charge in [-0.05, 0) is 19.1 Å². The molecule has 1 atom stereocenters. The molecule has 132 valence electrons. The van der Waals surface area contributed by atoms with E-state index in [9.17, 15) is 9.50 Å². The number of piperazine rings is 1. The van der Waals surface area contributed by atoms with Gasteiger partial charge < -0.3 is 14.9 Å². The van der Waals surface area contributed by atoms with Crippen LogP contribution in [0.5, 0.6) is 5.88 Å². The topological polar surface area (TPSA) is 59.3 Å². The SMILES string of the molecule is Cc1nc2sc([C@H](c3cccc(F)c3)[NH+]3CC[NH+](C)CC3)c(O)n2n1. The van der Waals surface area contributed by atoms with Gasteiger partial charge in [0.25, 0.3) is 0 Å². The number of rotatable bonds is 3. The van der Waals surface area contributed by atoms with Crippen LogP contribution < -0.4 is 9.80 Å². The largest absolute Gasteiger partial charge is 0.492 e. The van der Waals surface area contributed by atoms with E-state index in [0.717, 1.165) is 36.6 Å². The standard InChI is InChI=1S/C17H20FN5OS/c1-11-19-17-23(20-11)16(24)15(25-17)14(12-4-3-5-13(18)10-12)22-8-6-21(2)7-9-22/h3-5,10,14,24H,6-9H2,1-2H3/p+2/t14-/m0/s1. The molecule has 1 aliphatic heterocycles. The number of fused-ring (bicyclic) bond motifs is 1. The van der Waals surface area contributed by atoms with Crippen molar-refractivity contribution in [3.8, 4) is 5.88 Å². The quantitative estimate of drug-likeness (QED) is 0.585. The van der Waals surface area contributed by atoms with Gasteiger partial charge in [0.15, 0.2) is 6.04 Å². The predicted octanol–water partition coefficient (Wildman–Crippen LogP) is -0.553. The number of thiazole rings is 1.